The minimum absolute atomic E-state index is 0.666. The molecule has 3 N–H and O–H groups in total. The quantitative estimate of drug-likeness (QED) is 0.444. The third kappa shape index (κ3) is 10.2. The molecule has 0 radical (unpaired) electrons. The van der Waals surface area contributed by atoms with E-state index in [1.807, 2.05) is 0 Å². The van der Waals surface area contributed by atoms with E-state index in [4.69, 9.17) is 0 Å². The third-order valence-corrected chi connectivity index (χ3v) is 8.43. The van der Waals surface area contributed by atoms with Gasteiger partial charge in [-0.25, -0.2) is 0 Å². The zero-order chi connectivity index (χ0) is 25.4. The van der Waals surface area contributed by atoms with Crippen LogP contribution in [0.25, 0.3) is 0 Å². The Bertz CT molecular complexity index is 557. The van der Waals surface area contributed by atoms with Crippen LogP contribution in [-0.2, 0) is 0 Å². The fraction of sp³-hybridized carbons (Fsp3) is 1.00. The highest BCUT2D eigenvalue weighted by molar-refractivity contribution is 4.95. The average molecular weight is 495 g/mol. The van der Waals surface area contributed by atoms with E-state index in [1.165, 1.54) is 84.7 Å². The van der Waals surface area contributed by atoms with Crippen molar-refractivity contribution in [3.63, 3.8) is 0 Å². The van der Waals surface area contributed by atoms with Crippen LogP contribution in [0.4, 0.5) is 0 Å². The first-order valence-electron chi connectivity index (χ1n) is 14.4. The summed E-state index contributed by atoms with van der Waals surface area (Å²) in [6, 6.07) is 4.61. The van der Waals surface area contributed by atoms with Crippen molar-refractivity contribution in [2.24, 2.45) is 0 Å². The summed E-state index contributed by atoms with van der Waals surface area (Å²) in [4.78, 5) is 12.3. The zero-order valence-electron chi connectivity index (χ0n) is 24.1. The maximum absolute atomic E-state index is 3.47. The van der Waals surface area contributed by atoms with Crippen LogP contribution < -0.4 is 16.0 Å². The number of hydrogen-bond acceptors (Lipinski definition) is 8. The van der Waals surface area contributed by atoms with Crippen molar-refractivity contribution >= 4 is 0 Å². The second-order valence-electron chi connectivity index (χ2n) is 12.3. The molecule has 6 rings (SSSR count). The van der Waals surface area contributed by atoms with Crippen molar-refractivity contribution in [2.75, 3.05) is 100 Å². The molecular weight excluding hydrogens is 436 g/mol. The number of likely N-dealkylation sites (tertiary alicyclic amines) is 1. The molecule has 206 valence electrons. The van der Waals surface area contributed by atoms with Crippen molar-refractivity contribution in [3.05, 3.63) is 0 Å². The Balaban J connectivity index is 0.000000131. The Hall–Kier alpha value is -0.320. The van der Waals surface area contributed by atoms with Gasteiger partial charge in [0.2, 0.25) is 0 Å². The molecular formula is C27H58N8. The Labute approximate surface area is 217 Å². The highest BCUT2D eigenvalue weighted by Crippen LogP contribution is 2.21. The molecule has 6 unspecified atom stereocenters. The van der Waals surface area contributed by atoms with Gasteiger partial charge in [0.05, 0.1) is 0 Å². The maximum Gasteiger partial charge on any atom is 0.0233 e. The first-order valence-corrected chi connectivity index (χ1v) is 14.4. The smallest absolute Gasteiger partial charge is 0.0233 e. The molecule has 8 heteroatoms. The van der Waals surface area contributed by atoms with Crippen molar-refractivity contribution in [3.8, 4) is 0 Å². The number of rotatable bonds is 0. The Morgan fingerprint density at radius 2 is 1.31 bits per heavy atom. The number of nitrogens with one attached hydrogen (secondary N) is 3. The monoisotopic (exact) mass is 494 g/mol. The molecule has 0 spiro atoms. The molecule has 0 aliphatic carbocycles. The van der Waals surface area contributed by atoms with Gasteiger partial charge in [0.25, 0.3) is 0 Å². The summed E-state index contributed by atoms with van der Waals surface area (Å²) in [6.07, 6.45) is 4.25. The predicted octanol–water partition coefficient (Wildman–Crippen LogP) is 0.267. The van der Waals surface area contributed by atoms with E-state index < -0.39 is 0 Å². The van der Waals surface area contributed by atoms with Crippen LogP contribution >= 0.6 is 0 Å². The summed E-state index contributed by atoms with van der Waals surface area (Å²) in [6.45, 7) is 20.3. The van der Waals surface area contributed by atoms with Gasteiger partial charge in [-0.1, -0.05) is 0 Å². The van der Waals surface area contributed by atoms with Crippen molar-refractivity contribution in [2.45, 2.75) is 76.3 Å². The van der Waals surface area contributed by atoms with E-state index in [9.17, 15) is 0 Å². The molecule has 0 aromatic rings. The van der Waals surface area contributed by atoms with Crippen LogP contribution in [0.1, 0.15) is 40.0 Å². The van der Waals surface area contributed by atoms with E-state index >= 15 is 0 Å². The van der Waals surface area contributed by atoms with E-state index in [0.29, 0.717) is 18.1 Å². The molecule has 2 bridgehead atoms. The van der Waals surface area contributed by atoms with Gasteiger partial charge >= 0.3 is 0 Å². The standard InChI is InChI=1S/C8H16N2.C7H16N2.C6H12N2.C6H14N2/c1-9-5-6-10-4-2-3-8(10)7-9;1-6-4-9(3)5-7(2)8-6;1-8-4-5-2-6(8)3-7-5;1-6-5-8(2)4-3-7-6/h8H,2-7H2,1H3;6-8H,4-5H2,1-3H3;5-7H,2-4H2,1H3;6-7H,3-5H2,1-2H3. The van der Waals surface area contributed by atoms with Crippen LogP contribution in [0, 0.1) is 0 Å². The van der Waals surface area contributed by atoms with Crippen molar-refractivity contribution in [1.82, 2.24) is 40.4 Å². The first kappa shape index (κ1) is 29.2. The maximum atomic E-state index is 3.47. The average Bonchev–Trinajstić information content (AvgIpc) is 3.50. The van der Waals surface area contributed by atoms with Gasteiger partial charge in [-0.2, -0.15) is 0 Å². The minimum atomic E-state index is 0.666. The van der Waals surface area contributed by atoms with Gasteiger partial charge in [-0.3, -0.25) is 4.90 Å². The van der Waals surface area contributed by atoms with Crippen molar-refractivity contribution < 1.29 is 0 Å². The minimum Gasteiger partial charge on any atom is -0.312 e. The predicted molar refractivity (Wildman–Crippen MR) is 149 cm³/mol. The number of nitrogens with zero attached hydrogens (tertiary/aromatic N) is 5. The highest BCUT2D eigenvalue weighted by Gasteiger charge is 2.34. The SMILES string of the molecule is CC1CN(C)CC(C)N1.CC1CN(C)CCN1.CN1CC2CC1CN2.CN1CCN2CCCC2C1. The molecule has 6 aliphatic rings. The van der Waals surface area contributed by atoms with Gasteiger partial charge < -0.3 is 35.6 Å². The second-order valence-corrected chi connectivity index (χ2v) is 12.3. The molecule has 6 atom stereocenters. The Morgan fingerprint density at radius 3 is 1.80 bits per heavy atom. The van der Waals surface area contributed by atoms with Gasteiger partial charge in [0, 0.05) is 102 Å². The lowest BCUT2D eigenvalue weighted by Gasteiger charge is -2.35. The number of likely N-dealkylation sites (N-methyl/N-ethyl adjacent to an activating group) is 4. The molecule has 6 fully saturated rings. The van der Waals surface area contributed by atoms with Gasteiger partial charge in [0.15, 0.2) is 0 Å². The summed E-state index contributed by atoms with van der Waals surface area (Å²) < 4.78 is 0. The molecule has 6 saturated heterocycles. The molecule has 0 aromatic heterocycles. The third-order valence-electron chi connectivity index (χ3n) is 8.43. The van der Waals surface area contributed by atoms with Gasteiger partial charge in [-0.15, -0.1) is 0 Å². The van der Waals surface area contributed by atoms with Crippen LogP contribution in [0.2, 0.25) is 0 Å². The summed E-state index contributed by atoms with van der Waals surface area (Å²) in [5.74, 6) is 0. The summed E-state index contributed by atoms with van der Waals surface area (Å²) >= 11 is 0. The molecule has 6 aliphatic heterocycles. The fourth-order valence-electron chi connectivity index (χ4n) is 6.64. The number of fused-ring (bicyclic) bond motifs is 3. The zero-order valence-corrected chi connectivity index (χ0v) is 24.1. The van der Waals surface area contributed by atoms with E-state index in [2.05, 4.69) is 89.4 Å². The summed E-state index contributed by atoms with van der Waals surface area (Å²) in [7, 11) is 8.78. The summed E-state index contributed by atoms with van der Waals surface area (Å²) in [5, 5.41) is 10.3. The van der Waals surface area contributed by atoms with Crippen LogP contribution in [0.5, 0.6) is 0 Å². The number of hydrogen-bond donors (Lipinski definition) is 3. The Morgan fingerprint density at radius 1 is 0.629 bits per heavy atom. The van der Waals surface area contributed by atoms with E-state index in [0.717, 1.165) is 24.7 Å². The van der Waals surface area contributed by atoms with Gasteiger partial charge in [-0.05, 0) is 74.8 Å². The van der Waals surface area contributed by atoms with Crippen LogP contribution in [0.15, 0.2) is 0 Å². The molecule has 0 amide bonds. The normalized spacial score (nSPS) is 38.5. The molecule has 6 heterocycles. The lowest BCUT2D eigenvalue weighted by atomic mass is 10.2. The topological polar surface area (TPSA) is 52.3 Å². The molecule has 35 heavy (non-hydrogen) atoms. The van der Waals surface area contributed by atoms with E-state index in [-0.39, 0.29) is 0 Å². The largest absolute Gasteiger partial charge is 0.312 e. The van der Waals surface area contributed by atoms with Crippen molar-refractivity contribution in [1.29, 1.82) is 0 Å². The van der Waals surface area contributed by atoms with Gasteiger partial charge in [0.1, 0.15) is 0 Å². The fourth-order valence-corrected chi connectivity index (χ4v) is 6.64. The van der Waals surface area contributed by atoms with Crippen LogP contribution in [0.3, 0.4) is 0 Å². The second kappa shape index (κ2) is 14.6. The van der Waals surface area contributed by atoms with E-state index in [1.54, 1.807) is 0 Å². The lowest BCUT2D eigenvalue weighted by molar-refractivity contribution is 0.124. The van der Waals surface area contributed by atoms with Crippen LogP contribution in [-0.4, -0.2) is 161 Å². The summed E-state index contributed by atoms with van der Waals surface area (Å²) in [5.41, 5.74) is 0. The molecule has 0 saturated carbocycles. The highest BCUT2D eigenvalue weighted by atomic mass is 15.3. The molecule has 8 nitrogen and oxygen atoms in total. The lowest BCUT2D eigenvalue weighted by Crippen LogP contribution is -2.52. The number of piperazine rings is 4. The Kier molecular flexibility index (Phi) is 12.2. The first-order chi connectivity index (χ1) is 16.7. The molecule has 0 aromatic carbocycles.